The Morgan fingerprint density at radius 2 is 2.00 bits per heavy atom. The zero-order valence-corrected chi connectivity index (χ0v) is 20.1. The van der Waals surface area contributed by atoms with Crippen molar-refractivity contribution in [3.05, 3.63) is 18.5 Å². The minimum absolute atomic E-state index is 0. The fourth-order valence-corrected chi connectivity index (χ4v) is 4.10. The van der Waals surface area contributed by atoms with Crippen LogP contribution in [0.15, 0.2) is 23.5 Å². The van der Waals surface area contributed by atoms with Crippen molar-refractivity contribution in [2.75, 3.05) is 51.6 Å². The molecule has 1 fully saturated rings. The van der Waals surface area contributed by atoms with Crippen molar-refractivity contribution in [1.29, 1.82) is 0 Å². The fourth-order valence-electron chi connectivity index (χ4n) is 2.81. The fraction of sp³-hybridized carbons (Fsp3) is 0.765. The molecule has 0 atom stereocenters. The third-order valence-electron chi connectivity index (χ3n) is 4.21. The topological polar surface area (TPSA) is 92.1 Å². The van der Waals surface area contributed by atoms with Crippen molar-refractivity contribution in [3.63, 3.8) is 0 Å². The highest BCUT2D eigenvalue weighted by molar-refractivity contribution is 14.0. The van der Waals surface area contributed by atoms with Gasteiger partial charge in [0.2, 0.25) is 10.0 Å². The van der Waals surface area contributed by atoms with Crippen LogP contribution in [0.1, 0.15) is 20.8 Å². The van der Waals surface area contributed by atoms with E-state index >= 15 is 0 Å². The molecule has 0 aromatic carbocycles. The normalized spacial score (nSPS) is 16.3. The molecular formula is C17H33IN6O3S. The van der Waals surface area contributed by atoms with E-state index in [0.29, 0.717) is 39.3 Å². The van der Waals surface area contributed by atoms with Crippen molar-refractivity contribution in [1.82, 2.24) is 24.3 Å². The molecule has 1 N–H and O–H groups in total. The minimum Gasteiger partial charge on any atom is -0.378 e. The molecule has 1 aliphatic heterocycles. The second-order valence-electron chi connectivity index (χ2n) is 6.63. The van der Waals surface area contributed by atoms with Crippen LogP contribution >= 0.6 is 24.0 Å². The molecule has 162 valence electrons. The summed E-state index contributed by atoms with van der Waals surface area (Å²) in [5.41, 5.74) is 0. The van der Waals surface area contributed by atoms with Crippen molar-refractivity contribution >= 4 is 40.0 Å². The van der Waals surface area contributed by atoms with E-state index < -0.39 is 10.0 Å². The number of ether oxygens (including phenoxy) is 1. The van der Waals surface area contributed by atoms with E-state index in [9.17, 15) is 8.42 Å². The summed E-state index contributed by atoms with van der Waals surface area (Å²) in [4.78, 5) is 6.77. The van der Waals surface area contributed by atoms with Crippen LogP contribution in [0.25, 0.3) is 0 Å². The van der Waals surface area contributed by atoms with E-state index in [1.807, 2.05) is 37.7 Å². The lowest BCUT2D eigenvalue weighted by Crippen LogP contribution is -2.54. The smallest absolute Gasteiger partial charge is 0.216 e. The van der Waals surface area contributed by atoms with Crippen molar-refractivity contribution < 1.29 is 13.2 Å². The van der Waals surface area contributed by atoms with Crippen LogP contribution in [0.5, 0.6) is 0 Å². The maximum absolute atomic E-state index is 12.4. The van der Waals surface area contributed by atoms with Gasteiger partial charge in [0.1, 0.15) is 0 Å². The summed E-state index contributed by atoms with van der Waals surface area (Å²) >= 11 is 0. The summed E-state index contributed by atoms with van der Waals surface area (Å²) in [6, 6.07) is 1.89. The third kappa shape index (κ3) is 8.21. The largest absolute Gasteiger partial charge is 0.378 e. The van der Waals surface area contributed by atoms with Crippen LogP contribution in [-0.2, 0) is 21.3 Å². The average Bonchev–Trinajstić information content (AvgIpc) is 3.14. The predicted molar refractivity (Wildman–Crippen MR) is 122 cm³/mol. The number of rotatable bonds is 9. The van der Waals surface area contributed by atoms with Gasteiger partial charge in [-0.05, 0) is 26.8 Å². The molecule has 2 rings (SSSR count). The maximum atomic E-state index is 12.4. The molecule has 1 aromatic heterocycles. The van der Waals surface area contributed by atoms with Gasteiger partial charge >= 0.3 is 0 Å². The van der Waals surface area contributed by atoms with Gasteiger partial charge in [-0.25, -0.2) is 8.42 Å². The number of halogens is 1. The predicted octanol–water partition coefficient (Wildman–Crippen LogP) is 0.839. The summed E-state index contributed by atoms with van der Waals surface area (Å²) in [7, 11) is -3.28. The quantitative estimate of drug-likeness (QED) is 0.290. The second-order valence-corrected chi connectivity index (χ2v) is 8.71. The number of sulfonamides is 1. The average molecular weight is 528 g/mol. The number of piperazine rings is 1. The van der Waals surface area contributed by atoms with Crippen molar-refractivity contribution in [2.45, 2.75) is 33.4 Å². The Bertz CT molecular complexity index is 673. The van der Waals surface area contributed by atoms with Gasteiger partial charge in [0.05, 0.1) is 31.6 Å². The lowest BCUT2D eigenvalue weighted by molar-refractivity contribution is 0.0904. The minimum atomic E-state index is -3.28. The number of aromatic nitrogens is 2. The molecule has 0 saturated carbocycles. The Morgan fingerprint density at radius 3 is 2.57 bits per heavy atom. The molecule has 1 aliphatic rings. The number of aliphatic imine (C=N–C) groups is 1. The van der Waals surface area contributed by atoms with E-state index in [1.165, 1.54) is 0 Å². The van der Waals surface area contributed by atoms with Crippen LogP contribution in [0, 0.1) is 0 Å². The molecule has 1 aromatic rings. The van der Waals surface area contributed by atoms with E-state index in [0.717, 1.165) is 12.5 Å². The molecular weight excluding hydrogens is 495 g/mol. The van der Waals surface area contributed by atoms with Crippen molar-refractivity contribution in [3.8, 4) is 0 Å². The standard InChI is InChI=1S/C17H32N6O3S.HI/c1-4-18-17(19-7-9-22-8-5-6-20-22)21-10-12-23(13-11-21)27(24,25)15-14-26-16(2)3;/h5-6,8,16H,4,7,9-15H2,1-3H3,(H,18,19);1H. The van der Waals surface area contributed by atoms with Gasteiger partial charge in [0, 0.05) is 45.1 Å². The zero-order valence-electron chi connectivity index (χ0n) is 17.0. The van der Waals surface area contributed by atoms with Crippen LogP contribution in [0.2, 0.25) is 0 Å². The molecule has 2 heterocycles. The number of nitrogens with zero attached hydrogens (tertiary/aromatic N) is 5. The molecule has 9 nitrogen and oxygen atoms in total. The summed E-state index contributed by atoms with van der Waals surface area (Å²) in [6.45, 7) is 10.3. The number of guanidine groups is 1. The van der Waals surface area contributed by atoms with Gasteiger partial charge in [0.15, 0.2) is 5.96 Å². The molecule has 0 bridgehead atoms. The van der Waals surface area contributed by atoms with Gasteiger partial charge in [-0.2, -0.15) is 9.40 Å². The first kappa shape index (κ1) is 25.1. The van der Waals surface area contributed by atoms with Gasteiger partial charge in [-0.15, -0.1) is 24.0 Å². The van der Waals surface area contributed by atoms with Crippen LogP contribution in [0.4, 0.5) is 0 Å². The number of hydrogen-bond acceptors (Lipinski definition) is 5. The molecule has 0 unspecified atom stereocenters. The molecule has 0 spiro atoms. The van der Waals surface area contributed by atoms with E-state index in [1.54, 1.807) is 10.5 Å². The van der Waals surface area contributed by atoms with Gasteiger partial charge in [-0.3, -0.25) is 9.67 Å². The van der Waals surface area contributed by atoms with Gasteiger partial charge in [-0.1, -0.05) is 0 Å². The third-order valence-corrected chi connectivity index (χ3v) is 6.04. The Kier molecular flexibility index (Phi) is 11.3. The summed E-state index contributed by atoms with van der Waals surface area (Å²) in [5.74, 6) is 0.855. The second kappa shape index (κ2) is 12.6. The Hall–Kier alpha value is -0.920. The van der Waals surface area contributed by atoms with E-state index in [-0.39, 0.29) is 42.4 Å². The first-order chi connectivity index (χ1) is 12.9. The first-order valence-electron chi connectivity index (χ1n) is 9.52. The Labute approximate surface area is 185 Å². The van der Waals surface area contributed by atoms with E-state index in [4.69, 9.17) is 4.74 Å². The SMILES string of the molecule is CCNC(=NCCn1cccn1)N1CCN(S(=O)(=O)CCOC(C)C)CC1.I. The maximum Gasteiger partial charge on any atom is 0.216 e. The van der Waals surface area contributed by atoms with Crippen LogP contribution < -0.4 is 5.32 Å². The summed E-state index contributed by atoms with van der Waals surface area (Å²) in [5, 5.41) is 7.46. The highest BCUT2D eigenvalue weighted by Crippen LogP contribution is 2.09. The Balaban J connectivity index is 0.00000392. The molecule has 28 heavy (non-hydrogen) atoms. The van der Waals surface area contributed by atoms with Gasteiger partial charge in [0.25, 0.3) is 0 Å². The van der Waals surface area contributed by atoms with Crippen molar-refractivity contribution in [2.24, 2.45) is 4.99 Å². The molecule has 0 amide bonds. The Morgan fingerprint density at radius 1 is 1.29 bits per heavy atom. The highest BCUT2D eigenvalue weighted by atomic mass is 127. The summed E-state index contributed by atoms with van der Waals surface area (Å²) < 4.78 is 33.7. The summed E-state index contributed by atoms with van der Waals surface area (Å²) in [6.07, 6.45) is 3.70. The molecule has 0 radical (unpaired) electrons. The molecule has 11 heteroatoms. The lowest BCUT2D eigenvalue weighted by atomic mass is 10.4. The van der Waals surface area contributed by atoms with Gasteiger partial charge < -0.3 is 15.0 Å². The molecule has 0 aliphatic carbocycles. The lowest BCUT2D eigenvalue weighted by Gasteiger charge is -2.35. The number of hydrogen-bond donors (Lipinski definition) is 1. The monoisotopic (exact) mass is 528 g/mol. The molecule has 1 saturated heterocycles. The van der Waals surface area contributed by atoms with Crippen LogP contribution in [-0.4, -0.2) is 91.1 Å². The highest BCUT2D eigenvalue weighted by Gasteiger charge is 2.27. The van der Waals surface area contributed by atoms with E-state index in [2.05, 4.69) is 20.3 Å². The zero-order chi connectivity index (χ0) is 19.7. The van der Waals surface area contributed by atoms with Crippen LogP contribution in [0.3, 0.4) is 0 Å². The number of nitrogens with one attached hydrogen (secondary N) is 1. The first-order valence-corrected chi connectivity index (χ1v) is 11.1.